The number of rotatable bonds is 3. The van der Waals surface area contributed by atoms with Crippen LogP contribution in [0.5, 0.6) is 0 Å². The molecule has 0 saturated heterocycles. The lowest BCUT2D eigenvalue weighted by atomic mass is 9.99. The number of para-hydroxylation sites is 1. The molecule has 1 aliphatic heterocycles. The minimum atomic E-state index is -3.68. The fourth-order valence-electron chi connectivity index (χ4n) is 3.02. The van der Waals surface area contributed by atoms with Crippen molar-refractivity contribution in [1.82, 2.24) is 0 Å². The first-order valence-corrected chi connectivity index (χ1v) is 9.96. The van der Waals surface area contributed by atoms with Crippen molar-refractivity contribution in [3.05, 3.63) is 62.1 Å². The summed E-state index contributed by atoms with van der Waals surface area (Å²) in [4.78, 5) is 12.5. The number of anilines is 1. The van der Waals surface area contributed by atoms with E-state index in [9.17, 15) is 18.5 Å². The van der Waals surface area contributed by atoms with Gasteiger partial charge in [0.25, 0.3) is 0 Å². The molecular formula is C16H15BrN2O4S. The zero-order chi connectivity index (χ0) is 17.5. The molecule has 0 spiro atoms. The molecule has 0 N–H and O–H groups in total. The fraction of sp³-hybridized carbons (Fsp3) is 0.250. The van der Waals surface area contributed by atoms with Crippen molar-refractivity contribution in [2.24, 2.45) is 0 Å². The van der Waals surface area contributed by atoms with Gasteiger partial charge in [0.2, 0.25) is 0 Å². The molecule has 126 valence electrons. The Bertz CT molecular complexity index is 928. The Balaban J connectivity index is 2.10. The van der Waals surface area contributed by atoms with Crippen molar-refractivity contribution < 1.29 is 13.3 Å². The van der Waals surface area contributed by atoms with Crippen LogP contribution in [0.3, 0.4) is 0 Å². The Morgan fingerprint density at radius 3 is 2.58 bits per heavy atom. The molecule has 0 amide bonds. The number of nitrogens with zero attached hydrogens (tertiary/aromatic N) is 2. The lowest BCUT2D eigenvalue weighted by Gasteiger charge is -2.31. The van der Waals surface area contributed by atoms with E-state index in [0.29, 0.717) is 18.8 Å². The summed E-state index contributed by atoms with van der Waals surface area (Å²) >= 11 is 3.53. The highest BCUT2D eigenvalue weighted by Gasteiger charge is 2.30. The molecule has 2 aromatic carbocycles. The van der Waals surface area contributed by atoms with Crippen LogP contribution in [-0.2, 0) is 22.8 Å². The summed E-state index contributed by atoms with van der Waals surface area (Å²) in [5.41, 5.74) is 2.26. The predicted octanol–water partition coefficient (Wildman–Crippen LogP) is 3.32. The molecule has 0 bridgehead atoms. The zero-order valence-electron chi connectivity index (χ0n) is 12.9. The molecule has 1 aliphatic rings. The highest BCUT2D eigenvalue weighted by Crippen LogP contribution is 2.37. The van der Waals surface area contributed by atoms with E-state index in [0.717, 1.165) is 22.7 Å². The fourth-order valence-corrected chi connectivity index (χ4v) is 4.48. The number of nitro benzene ring substituents is 1. The minimum absolute atomic E-state index is 0.245. The first kappa shape index (κ1) is 16.9. The molecule has 3 rings (SSSR count). The van der Waals surface area contributed by atoms with Gasteiger partial charge in [-0.25, -0.2) is 8.42 Å². The average Bonchev–Trinajstić information content (AvgIpc) is 2.53. The first-order valence-electron chi connectivity index (χ1n) is 7.27. The van der Waals surface area contributed by atoms with Crippen LogP contribution >= 0.6 is 15.9 Å². The molecule has 1 heterocycles. The van der Waals surface area contributed by atoms with E-state index in [2.05, 4.69) is 15.9 Å². The van der Waals surface area contributed by atoms with E-state index in [4.69, 9.17) is 0 Å². The summed E-state index contributed by atoms with van der Waals surface area (Å²) in [6, 6.07) is 10.3. The van der Waals surface area contributed by atoms with Crippen LogP contribution in [0.1, 0.15) is 11.1 Å². The number of fused-ring (bicyclic) bond motifs is 1. The molecule has 2 aromatic rings. The first-order chi connectivity index (χ1) is 11.3. The van der Waals surface area contributed by atoms with Gasteiger partial charge in [0.1, 0.15) is 10.6 Å². The van der Waals surface area contributed by atoms with Gasteiger partial charge in [-0.15, -0.1) is 0 Å². The van der Waals surface area contributed by atoms with Gasteiger partial charge < -0.3 is 4.90 Å². The normalized spacial score (nSPS) is 14.3. The smallest absolute Gasteiger partial charge is 0.311 e. The third kappa shape index (κ3) is 3.03. The molecule has 8 heteroatoms. The Morgan fingerprint density at radius 2 is 1.92 bits per heavy atom. The molecular weight excluding hydrogens is 396 g/mol. The standard InChI is InChI=1S/C16H15BrN2O4S/c1-24(22,23)15-7-3-6-14(16(15)19(20)21)18-9-8-12-11(10-18)4-2-5-13(12)17/h2-7H,8-10H2,1H3. The summed E-state index contributed by atoms with van der Waals surface area (Å²) < 4.78 is 24.8. The number of nitro groups is 1. The van der Waals surface area contributed by atoms with Gasteiger partial charge >= 0.3 is 5.69 Å². The van der Waals surface area contributed by atoms with Gasteiger partial charge in [-0.1, -0.05) is 34.1 Å². The minimum Gasteiger partial charge on any atom is -0.361 e. The summed E-state index contributed by atoms with van der Waals surface area (Å²) in [6.45, 7) is 1.09. The van der Waals surface area contributed by atoms with Crippen LogP contribution in [0.4, 0.5) is 11.4 Å². The molecule has 0 radical (unpaired) electrons. The van der Waals surface area contributed by atoms with Crippen molar-refractivity contribution in [3.63, 3.8) is 0 Å². The quantitative estimate of drug-likeness (QED) is 0.572. The maximum Gasteiger partial charge on any atom is 0.311 e. The lowest BCUT2D eigenvalue weighted by Crippen LogP contribution is -2.31. The van der Waals surface area contributed by atoms with E-state index in [1.165, 1.54) is 11.6 Å². The maximum absolute atomic E-state index is 11.9. The molecule has 6 nitrogen and oxygen atoms in total. The van der Waals surface area contributed by atoms with Crippen LogP contribution in [0.2, 0.25) is 0 Å². The summed E-state index contributed by atoms with van der Waals surface area (Å²) in [5, 5.41) is 11.5. The molecule has 0 aromatic heterocycles. The van der Waals surface area contributed by atoms with Gasteiger partial charge in [0, 0.05) is 23.8 Å². The molecule has 0 saturated carbocycles. The second-order valence-corrected chi connectivity index (χ2v) is 8.54. The van der Waals surface area contributed by atoms with E-state index < -0.39 is 14.8 Å². The number of hydrogen-bond acceptors (Lipinski definition) is 5. The van der Waals surface area contributed by atoms with E-state index in [1.807, 2.05) is 23.1 Å². The number of sulfone groups is 1. The second-order valence-electron chi connectivity index (χ2n) is 5.70. The average molecular weight is 411 g/mol. The maximum atomic E-state index is 11.9. The van der Waals surface area contributed by atoms with Gasteiger partial charge in [0.15, 0.2) is 9.84 Å². The van der Waals surface area contributed by atoms with Crippen LogP contribution in [-0.4, -0.2) is 26.1 Å². The molecule has 0 aliphatic carbocycles. The largest absolute Gasteiger partial charge is 0.361 e. The van der Waals surface area contributed by atoms with Crippen LogP contribution in [0, 0.1) is 10.1 Å². The van der Waals surface area contributed by atoms with Crippen LogP contribution in [0.15, 0.2) is 45.8 Å². The highest BCUT2D eigenvalue weighted by molar-refractivity contribution is 9.10. The topological polar surface area (TPSA) is 80.5 Å². The summed E-state index contributed by atoms with van der Waals surface area (Å²) in [7, 11) is -3.68. The van der Waals surface area contributed by atoms with Gasteiger partial charge in [0.05, 0.1) is 4.92 Å². The van der Waals surface area contributed by atoms with E-state index in [1.54, 1.807) is 12.1 Å². The van der Waals surface area contributed by atoms with Gasteiger partial charge in [-0.2, -0.15) is 0 Å². The van der Waals surface area contributed by atoms with Gasteiger partial charge in [-0.05, 0) is 35.7 Å². The molecule has 0 atom stereocenters. The highest BCUT2D eigenvalue weighted by atomic mass is 79.9. The third-order valence-electron chi connectivity index (χ3n) is 4.11. The van der Waals surface area contributed by atoms with E-state index in [-0.39, 0.29) is 10.6 Å². The van der Waals surface area contributed by atoms with Crippen molar-refractivity contribution in [3.8, 4) is 0 Å². The second kappa shape index (κ2) is 6.18. The van der Waals surface area contributed by atoms with Crippen LogP contribution in [0.25, 0.3) is 0 Å². The molecule has 0 unspecified atom stereocenters. The SMILES string of the molecule is CS(=O)(=O)c1cccc(N2CCc3c(Br)cccc3C2)c1[N+](=O)[O-]. The summed E-state index contributed by atoms with van der Waals surface area (Å²) in [6.07, 6.45) is 1.72. The van der Waals surface area contributed by atoms with Crippen molar-refractivity contribution in [2.45, 2.75) is 17.9 Å². The Morgan fingerprint density at radius 1 is 1.21 bits per heavy atom. The van der Waals surface area contributed by atoms with Crippen LogP contribution < -0.4 is 4.90 Å². The van der Waals surface area contributed by atoms with Crippen molar-refractivity contribution in [2.75, 3.05) is 17.7 Å². The molecule has 0 fully saturated rings. The molecule has 24 heavy (non-hydrogen) atoms. The predicted molar refractivity (Wildman–Crippen MR) is 95.1 cm³/mol. The Kier molecular flexibility index (Phi) is 4.35. The number of hydrogen-bond donors (Lipinski definition) is 0. The van der Waals surface area contributed by atoms with Gasteiger partial charge in [-0.3, -0.25) is 10.1 Å². The zero-order valence-corrected chi connectivity index (χ0v) is 15.3. The van der Waals surface area contributed by atoms with Crippen molar-refractivity contribution >= 4 is 37.1 Å². The monoisotopic (exact) mass is 410 g/mol. The van der Waals surface area contributed by atoms with E-state index >= 15 is 0 Å². The number of halogens is 1. The number of benzene rings is 2. The third-order valence-corrected chi connectivity index (χ3v) is 5.98. The van der Waals surface area contributed by atoms with Crippen molar-refractivity contribution in [1.29, 1.82) is 0 Å². The Hall–Kier alpha value is -1.93. The summed E-state index contributed by atoms with van der Waals surface area (Å²) in [5.74, 6) is 0. The lowest BCUT2D eigenvalue weighted by molar-refractivity contribution is -0.387. The Labute approximate surface area is 148 Å².